The number of benzene rings is 2. The maximum atomic E-state index is 14.5. The van der Waals surface area contributed by atoms with Crippen molar-refractivity contribution < 1.29 is 29.0 Å². The van der Waals surface area contributed by atoms with E-state index in [2.05, 4.69) is 29.1 Å². The van der Waals surface area contributed by atoms with Gasteiger partial charge in [0.25, 0.3) is 5.91 Å². The van der Waals surface area contributed by atoms with Gasteiger partial charge in [-0.15, -0.1) is 13.2 Å². The van der Waals surface area contributed by atoms with Crippen LogP contribution in [0, 0.1) is 11.8 Å². The molecule has 3 aliphatic rings. The third-order valence-corrected chi connectivity index (χ3v) is 9.50. The molecule has 3 heterocycles. The Hall–Kier alpha value is -3.18. The Morgan fingerprint density at radius 1 is 1.09 bits per heavy atom. The molecule has 2 aromatic carbocycles. The van der Waals surface area contributed by atoms with Gasteiger partial charge in [-0.1, -0.05) is 39.7 Å². The second kappa shape index (κ2) is 12.8. The molecule has 3 aliphatic heterocycles. The summed E-state index contributed by atoms with van der Waals surface area (Å²) < 4.78 is 12.2. The molecule has 2 aromatic rings. The first kappa shape index (κ1) is 31.3. The predicted molar refractivity (Wildman–Crippen MR) is 169 cm³/mol. The van der Waals surface area contributed by atoms with Gasteiger partial charge in [0.1, 0.15) is 17.4 Å². The highest BCUT2D eigenvalue weighted by atomic mass is 79.9. The molecule has 2 bridgehead atoms. The second-order valence-corrected chi connectivity index (χ2v) is 12.4. The third kappa shape index (κ3) is 5.39. The van der Waals surface area contributed by atoms with E-state index in [1.165, 1.54) is 9.80 Å². The van der Waals surface area contributed by atoms with Crippen LogP contribution in [0.3, 0.4) is 0 Å². The van der Waals surface area contributed by atoms with Crippen LogP contribution in [-0.4, -0.2) is 83.2 Å². The van der Waals surface area contributed by atoms with Gasteiger partial charge in [0.05, 0.1) is 31.2 Å². The molecule has 6 atom stereocenters. The summed E-state index contributed by atoms with van der Waals surface area (Å²) in [5.74, 6) is -2.15. The number of fused-ring (bicyclic) bond motifs is 1. The quantitative estimate of drug-likeness (QED) is 0.268. The van der Waals surface area contributed by atoms with Crippen LogP contribution < -0.4 is 14.5 Å². The molecule has 3 fully saturated rings. The first-order valence-electron chi connectivity index (χ1n) is 14.3. The van der Waals surface area contributed by atoms with Crippen LogP contribution in [0.2, 0.25) is 5.02 Å². The van der Waals surface area contributed by atoms with Crippen LogP contribution in [0.1, 0.15) is 13.3 Å². The monoisotopic (exact) mass is 671 g/mol. The Morgan fingerprint density at radius 2 is 1.67 bits per heavy atom. The molecule has 3 saturated heterocycles. The summed E-state index contributed by atoms with van der Waals surface area (Å²) in [6.07, 6.45) is 2.95. The topological polar surface area (TPSA) is 99.6 Å². The van der Waals surface area contributed by atoms with E-state index in [1.807, 2.05) is 6.92 Å². The van der Waals surface area contributed by atoms with E-state index in [0.29, 0.717) is 35.2 Å². The van der Waals surface area contributed by atoms with Crippen molar-refractivity contribution in [3.63, 3.8) is 0 Å². The highest BCUT2D eigenvalue weighted by Gasteiger charge is 2.77. The van der Waals surface area contributed by atoms with Crippen LogP contribution in [0.5, 0.6) is 5.75 Å². The van der Waals surface area contributed by atoms with Crippen molar-refractivity contribution in [1.29, 1.82) is 0 Å². The zero-order chi connectivity index (χ0) is 30.9. The Bertz CT molecular complexity index is 1390. The number of nitrogens with zero attached hydrogens (tertiary/aromatic N) is 3. The fourth-order valence-corrected chi connectivity index (χ4v) is 7.85. The Balaban J connectivity index is 1.54. The van der Waals surface area contributed by atoms with Gasteiger partial charge in [-0.05, 0) is 61.9 Å². The minimum atomic E-state index is -1.27. The van der Waals surface area contributed by atoms with Crippen molar-refractivity contribution in [2.75, 3.05) is 42.6 Å². The lowest BCUT2D eigenvalue weighted by molar-refractivity contribution is -0.141. The van der Waals surface area contributed by atoms with E-state index in [-0.39, 0.29) is 48.8 Å². The van der Waals surface area contributed by atoms with E-state index < -0.39 is 29.6 Å². The van der Waals surface area contributed by atoms with Crippen molar-refractivity contribution in [1.82, 2.24) is 4.90 Å². The number of ether oxygens (including phenoxy) is 2. The number of aliphatic hydroxyl groups excluding tert-OH is 1. The number of β-amino-alcohol motifs (C(OH)–C–C–N with tert-alkyl or cyclic N) is 1. The molecule has 0 saturated carbocycles. The summed E-state index contributed by atoms with van der Waals surface area (Å²) in [5.41, 5.74) is -0.0669. The average molecular weight is 673 g/mol. The molecule has 9 nitrogen and oxygen atoms in total. The maximum absolute atomic E-state index is 14.5. The number of aliphatic hydroxyl groups is 1. The highest BCUT2D eigenvalue weighted by molar-refractivity contribution is 9.09. The highest BCUT2D eigenvalue weighted by Crippen LogP contribution is 2.60. The van der Waals surface area contributed by atoms with Gasteiger partial charge in [0.15, 0.2) is 0 Å². The predicted octanol–water partition coefficient (Wildman–Crippen LogP) is 4.22. The van der Waals surface area contributed by atoms with E-state index in [9.17, 15) is 19.5 Å². The molecule has 3 unspecified atom stereocenters. The average Bonchev–Trinajstić information content (AvgIpc) is 3.59. The number of carbonyl (C=O) groups is 3. The molecule has 43 heavy (non-hydrogen) atoms. The first-order valence-corrected chi connectivity index (χ1v) is 15.6. The SMILES string of the molecule is C=CCN(C(=O)C1N(CCO)C(=O)[C@@H]2[C@H](C(=O)N(CC=C)c3ccc(OCC)cc3)[C@H]3OC12CC3Br)c1ccc(Cl)cc1. The molecule has 11 heteroatoms. The first-order chi connectivity index (χ1) is 20.7. The van der Waals surface area contributed by atoms with E-state index in [4.69, 9.17) is 21.1 Å². The van der Waals surface area contributed by atoms with Crippen LogP contribution in [0.25, 0.3) is 0 Å². The molecule has 1 spiro atoms. The van der Waals surface area contributed by atoms with Crippen molar-refractivity contribution in [2.45, 2.75) is 35.9 Å². The van der Waals surface area contributed by atoms with Crippen LogP contribution in [0.4, 0.5) is 11.4 Å². The lowest BCUT2D eigenvalue weighted by atomic mass is 9.70. The zero-order valence-corrected chi connectivity index (χ0v) is 26.2. The fourth-order valence-electron chi connectivity index (χ4n) is 6.78. The van der Waals surface area contributed by atoms with Crippen molar-refractivity contribution in [3.8, 4) is 5.75 Å². The molecule has 0 aliphatic carbocycles. The minimum absolute atomic E-state index is 0.0762. The molecule has 1 N–H and O–H groups in total. The number of anilines is 2. The Morgan fingerprint density at radius 3 is 2.23 bits per heavy atom. The number of amides is 3. The standard InChI is InChI=1S/C32H35BrClN3O6/c1-4-15-35(22-11-13-23(14-12-22)42-6-3)29(39)25-26-30(40)37(17-18-38)28(32(26)19-24(33)27(25)43-32)31(41)36(16-5-2)21-9-7-20(34)8-10-21/h4-5,7-14,24-28,38H,1-2,6,15-19H2,3H3/t24?,25-,26-,27-,28?,32?/m0/s1. The van der Waals surface area contributed by atoms with Gasteiger partial charge in [-0.2, -0.15) is 0 Å². The molecule has 0 radical (unpaired) electrons. The van der Waals surface area contributed by atoms with Crippen LogP contribution in [-0.2, 0) is 19.1 Å². The lowest BCUT2D eigenvalue weighted by Gasteiger charge is -2.37. The molecular formula is C32H35BrClN3O6. The van der Waals surface area contributed by atoms with Gasteiger partial charge in [0, 0.05) is 40.9 Å². The van der Waals surface area contributed by atoms with Crippen LogP contribution >= 0.6 is 27.5 Å². The normalized spacial score (nSPS) is 27.1. The molecule has 0 aromatic heterocycles. The van der Waals surface area contributed by atoms with Gasteiger partial charge < -0.3 is 29.3 Å². The van der Waals surface area contributed by atoms with Crippen molar-refractivity contribution in [3.05, 3.63) is 78.9 Å². The largest absolute Gasteiger partial charge is 0.494 e. The van der Waals surface area contributed by atoms with Crippen molar-refractivity contribution in [2.24, 2.45) is 11.8 Å². The minimum Gasteiger partial charge on any atom is -0.494 e. The number of rotatable bonds is 12. The summed E-state index contributed by atoms with van der Waals surface area (Å²) in [6, 6.07) is 12.9. The van der Waals surface area contributed by atoms with Gasteiger partial charge in [-0.3, -0.25) is 14.4 Å². The fraction of sp³-hybridized carbons (Fsp3) is 0.406. The lowest BCUT2D eigenvalue weighted by Crippen LogP contribution is -2.57. The number of hydrogen-bond acceptors (Lipinski definition) is 6. The number of halogens is 2. The molecular weight excluding hydrogens is 638 g/mol. The number of hydrogen-bond donors (Lipinski definition) is 1. The Labute approximate surface area is 264 Å². The van der Waals surface area contributed by atoms with Gasteiger partial charge in [-0.25, -0.2) is 0 Å². The number of carbonyl (C=O) groups excluding carboxylic acids is 3. The van der Waals surface area contributed by atoms with E-state index in [1.54, 1.807) is 65.6 Å². The van der Waals surface area contributed by atoms with E-state index >= 15 is 0 Å². The van der Waals surface area contributed by atoms with Crippen molar-refractivity contribution >= 4 is 56.6 Å². The smallest absolute Gasteiger partial charge is 0.253 e. The molecule has 3 amide bonds. The summed E-state index contributed by atoms with van der Waals surface area (Å²) in [5, 5.41) is 10.5. The van der Waals surface area contributed by atoms with Gasteiger partial charge >= 0.3 is 0 Å². The third-order valence-electron chi connectivity index (χ3n) is 8.40. The number of likely N-dealkylation sites (tertiary alicyclic amines) is 1. The zero-order valence-electron chi connectivity index (χ0n) is 23.9. The summed E-state index contributed by atoms with van der Waals surface area (Å²) in [7, 11) is 0. The van der Waals surface area contributed by atoms with Gasteiger partial charge in [0.2, 0.25) is 11.8 Å². The number of alkyl halides is 1. The van der Waals surface area contributed by atoms with Crippen LogP contribution in [0.15, 0.2) is 73.8 Å². The molecule has 228 valence electrons. The Kier molecular flexibility index (Phi) is 9.31. The summed E-state index contributed by atoms with van der Waals surface area (Å²) in [4.78, 5) is 47.3. The molecule has 5 rings (SSSR count). The maximum Gasteiger partial charge on any atom is 0.253 e. The summed E-state index contributed by atoms with van der Waals surface area (Å²) >= 11 is 9.82. The summed E-state index contributed by atoms with van der Waals surface area (Å²) in [6.45, 7) is 10.0. The second-order valence-electron chi connectivity index (χ2n) is 10.8. The van der Waals surface area contributed by atoms with E-state index in [0.717, 1.165) is 0 Å².